The summed E-state index contributed by atoms with van der Waals surface area (Å²) in [6, 6.07) is 8.56. The average molecular weight is 311 g/mol. The van der Waals surface area contributed by atoms with Crippen LogP contribution >= 0.6 is 11.8 Å². The molecule has 5 heteroatoms. The van der Waals surface area contributed by atoms with Crippen LogP contribution in [-0.2, 0) is 9.84 Å². The van der Waals surface area contributed by atoms with Gasteiger partial charge in [0.25, 0.3) is 0 Å². The highest BCUT2D eigenvalue weighted by atomic mass is 32.2. The van der Waals surface area contributed by atoms with Gasteiger partial charge in [0.2, 0.25) is 0 Å². The number of nitrogens with two attached hydrogens (primary N) is 1. The first-order valence-corrected chi connectivity index (χ1v) is 10.0. The van der Waals surface area contributed by atoms with Crippen molar-refractivity contribution in [2.24, 2.45) is 17.6 Å². The van der Waals surface area contributed by atoms with E-state index in [2.05, 4.69) is 24.3 Å². The summed E-state index contributed by atoms with van der Waals surface area (Å²) < 4.78 is 23.3. The van der Waals surface area contributed by atoms with E-state index in [0.29, 0.717) is 29.9 Å². The molecule has 2 heterocycles. The predicted octanol–water partition coefficient (Wildman–Crippen LogP) is 2.28. The fourth-order valence-corrected chi connectivity index (χ4v) is 6.66. The molecule has 0 spiro atoms. The Morgan fingerprint density at radius 3 is 2.85 bits per heavy atom. The average Bonchev–Trinajstić information content (AvgIpc) is 2.99. The zero-order valence-corrected chi connectivity index (χ0v) is 13.1. The number of hydrogen-bond donors (Lipinski definition) is 1. The van der Waals surface area contributed by atoms with Crippen molar-refractivity contribution >= 4 is 21.6 Å². The van der Waals surface area contributed by atoms with Crippen molar-refractivity contribution in [1.82, 2.24) is 0 Å². The van der Waals surface area contributed by atoms with Gasteiger partial charge in [-0.15, -0.1) is 11.8 Å². The number of fused-ring (bicyclic) bond motifs is 1. The molecule has 1 fully saturated rings. The number of thioether (sulfide) groups is 1. The minimum Gasteiger partial charge on any atom is -0.330 e. The van der Waals surface area contributed by atoms with Gasteiger partial charge in [-0.25, -0.2) is 8.42 Å². The summed E-state index contributed by atoms with van der Waals surface area (Å²) in [4.78, 5) is 1.38. The number of hydrogen-bond acceptors (Lipinski definition) is 4. The topological polar surface area (TPSA) is 60.2 Å². The number of sulfone groups is 1. The smallest absolute Gasteiger partial charge is 0.150 e. The first-order valence-electron chi connectivity index (χ1n) is 7.21. The molecule has 2 aliphatic rings. The van der Waals surface area contributed by atoms with E-state index in [1.807, 2.05) is 11.8 Å². The van der Waals surface area contributed by atoms with Gasteiger partial charge in [0.15, 0.2) is 9.84 Å². The maximum atomic E-state index is 11.7. The number of rotatable bonds is 4. The standard InChI is InChI=1S/C15H21NO2S2/c16-8-12(11-5-6-20(17,18)10-11)7-13-9-19-15-4-2-1-3-14(13)15/h1-4,11-13H,5-10,16H2. The second-order valence-corrected chi connectivity index (χ2v) is 9.23. The molecule has 0 aromatic heterocycles. The SMILES string of the molecule is NCC(CC1CSc2ccccc21)C1CCS(=O)(=O)C1. The molecule has 110 valence electrons. The van der Waals surface area contributed by atoms with Crippen LogP contribution in [0.25, 0.3) is 0 Å². The first-order chi connectivity index (χ1) is 9.59. The predicted molar refractivity (Wildman–Crippen MR) is 83.8 cm³/mol. The Labute approximate surface area is 125 Å². The highest BCUT2D eigenvalue weighted by molar-refractivity contribution is 7.99. The van der Waals surface area contributed by atoms with Crippen LogP contribution in [-0.4, -0.2) is 32.2 Å². The van der Waals surface area contributed by atoms with Crippen LogP contribution in [0.15, 0.2) is 29.2 Å². The van der Waals surface area contributed by atoms with E-state index in [1.54, 1.807) is 0 Å². The molecule has 0 bridgehead atoms. The zero-order valence-electron chi connectivity index (χ0n) is 11.5. The lowest BCUT2D eigenvalue weighted by molar-refractivity contribution is 0.333. The first kappa shape index (κ1) is 14.4. The van der Waals surface area contributed by atoms with Crippen LogP contribution in [0.4, 0.5) is 0 Å². The van der Waals surface area contributed by atoms with Crippen LogP contribution in [0.1, 0.15) is 24.3 Å². The van der Waals surface area contributed by atoms with Gasteiger partial charge in [-0.2, -0.15) is 0 Å². The van der Waals surface area contributed by atoms with Crippen LogP contribution in [0, 0.1) is 11.8 Å². The monoisotopic (exact) mass is 311 g/mol. The molecule has 0 amide bonds. The third-order valence-electron chi connectivity index (χ3n) is 4.62. The summed E-state index contributed by atoms with van der Waals surface area (Å²) in [5.41, 5.74) is 7.37. The van der Waals surface area contributed by atoms with E-state index in [-0.39, 0.29) is 5.92 Å². The van der Waals surface area contributed by atoms with Crippen molar-refractivity contribution in [3.05, 3.63) is 29.8 Å². The van der Waals surface area contributed by atoms with E-state index >= 15 is 0 Å². The van der Waals surface area contributed by atoms with Gasteiger partial charge in [-0.3, -0.25) is 0 Å². The fourth-order valence-electron chi connectivity index (χ4n) is 3.47. The van der Waals surface area contributed by atoms with E-state index in [4.69, 9.17) is 5.73 Å². The Kier molecular flexibility index (Phi) is 4.11. The Morgan fingerprint density at radius 1 is 1.35 bits per heavy atom. The van der Waals surface area contributed by atoms with Gasteiger partial charge in [-0.05, 0) is 48.8 Å². The molecule has 1 aromatic rings. The van der Waals surface area contributed by atoms with Crippen molar-refractivity contribution in [1.29, 1.82) is 0 Å². The maximum absolute atomic E-state index is 11.7. The van der Waals surface area contributed by atoms with E-state index in [1.165, 1.54) is 10.5 Å². The van der Waals surface area contributed by atoms with Crippen LogP contribution < -0.4 is 5.73 Å². The van der Waals surface area contributed by atoms with Crippen LogP contribution in [0.3, 0.4) is 0 Å². The Bertz CT molecular complexity index is 585. The molecule has 1 aromatic carbocycles. The molecule has 0 radical (unpaired) electrons. The normalized spacial score (nSPS) is 29.2. The molecule has 2 aliphatic heterocycles. The third-order valence-corrected chi connectivity index (χ3v) is 7.67. The highest BCUT2D eigenvalue weighted by Crippen LogP contribution is 2.44. The minimum absolute atomic E-state index is 0.266. The molecular weight excluding hydrogens is 290 g/mol. The molecule has 0 saturated carbocycles. The molecule has 3 rings (SSSR count). The van der Waals surface area contributed by atoms with Gasteiger partial charge in [-0.1, -0.05) is 18.2 Å². The van der Waals surface area contributed by atoms with Crippen molar-refractivity contribution in [3.63, 3.8) is 0 Å². The molecule has 3 unspecified atom stereocenters. The molecule has 3 nitrogen and oxygen atoms in total. The molecule has 1 saturated heterocycles. The summed E-state index contributed by atoms with van der Waals surface area (Å²) in [7, 11) is -2.81. The second kappa shape index (κ2) is 5.70. The Morgan fingerprint density at radius 2 is 2.15 bits per heavy atom. The van der Waals surface area contributed by atoms with E-state index < -0.39 is 9.84 Å². The minimum atomic E-state index is -2.81. The molecule has 3 atom stereocenters. The second-order valence-electron chi connectivity index (χ2n) is 5.94. The molecular formula is C15H21NO2S2. The lowest BCUT2D eigenvalue weighted by Crippen LogP contribution is -2.26. The molecule has 2 N–H and O–H groups in total. The lowest BCUT2D eigenvalue weighted by Gasteiger charge is -2.24. The largest absolute Gasteiger partial charge is 0.330 e. The summed E-state index contributed by atoms with van der Waals surface area (Å²) in [6.07, 6.45) is 1.83. The summed E-state index contributed by atoms with van der Waals surface area (Å²) in [5.74, 6) is 2.94. The van der Waals surface area contributed by atoms with Crippen molar-refractivity contribution in [2.45, 2.75) is 23.7 Å². The summed E-state index contributed by atoms with van der Waals surface area (Å²) >= 11 is 1.91. The van der Waals surface area contributed by atoms with Gasteiger partial charge < -0.3 is 5.73 Å². The van der Waals surface area contributed by atoms with E-state index in [9.17, 15) is 8.42 Å². The van der Waals surface area contributed by atoms with Crippen molar-refractivity contribution in [2.75, 3.05) is 23.8 Å². The maximum Gasteiger partial charge on any atom is 0.150 e. The van der Waals surface area contributed by atoms with Gasteiger partial charge in [0, 0.05) is 10.6 Å². The lowest BCUT2D eigenvalue weighted by atomic mass is 9.82. The molecule has 0 aliphatic carbocycles. The Hall–Kier alpha value is -0.520. The van der Waals surface area contributed by atoms with Crippen molar-refractivity contribution in [3.8, 4) is 0 Å². The number of benzene rings is 1. The summed E-state index contributed by atoms with van der Waals surface area (Å²) in [5, 5.41) is 0. The third kappa shape index (κ3) is 2.90. The van der Waals surface area contributed by atoms with Crippen molar-refractivity contribution < 1.29 is 8.42 Å². The van der Waals surface area contributed by atoms with Gasteiger partial charge in [0.05, 0.1) is 11.5 Å². The van der Waals surface area contributed by atoms with Crippen LogP contribution in [0.5, 0.6) is 0 Å². The Balaban J connectivity index is 1.71. The van der Waals surface area contributed by atoms with Gasteiger partial charge in [0.1, 0.15) is 0 Å². The van der Waals surface area contributed by atoms with Crippen LogP contribution in [0.2, 0.25) is 0 Å². The quantitative estimate of drug-likeness (QED) is 0.926. The van der Waals surface area contributed by atoms with Gasteiger partial charge >= 0.3 is 0 Å². The highest BCUT2D eigenvalue weighted by Gasteiger charge is 2.35. The fraction of sp³-hybridized carbons (Fsp3) is 0.600. The molecule has 20 heavy (non-hydrogen) atoms. The zero-order chi connectivity index (χ0) is 14.2. The summed E-state index contributed by atoms with van der Waals surface area (Å²) in [6.45, 7) is 0.601. The van der Waals surface area contributed by atoms with E-state index in [0.717, 1.165) is 18.6 Å².